The third kappa shape index (κ3) is 5.38. The van der Waals surface area contributed by atoms with Crippen molar-refractivity contribution in [1.82, 2.24) is 15.5 Å². The van der Waals surface area contributed by atoms with E-state index in [2.05, 4.69) is 23.2 Å². The van der Waals surface area contributed by atoms with Crippen LogP contribution in [0.15, 0.2) is 39.6 Å². The van der Waals surface area contributed by atoms with Gasteiger partial charge in [0.05, 0.1) is 0 Å². The van der Waals surface area contributed by atoms with E-state index in [1.807, 2.05) is 36.5 Å². The Morgan fingerprint density at radius 1 is 1.55 bits per heavy atom. The zero-order valence-corrected chi connectivity index (χ0v) is 12.8. The Morgan fingerprint density at radius 2 is 2.35 bits per heavy atom. The number of nitrogens with zero attached hydrogens (tertiary/aromatic N) is 3. The summed E-state index contributed by atoms with van der Waals surface area (Å²) in [6.07, 6.45) is 12.4. The maximum atomic E-state index is 11.4. The van der Waals surface area contributed by atoms with Crippen LogP contribution in [0.1, 0.15) is 30.1 Å². The van der Waals surface area contributed by atoms with Gasteiger partial charge in [0.25, 0.3) is 5.91 Å². The molecule has 5 nitrogen and oxygen atoms in total. The summed E-state index contributed by atoms with van der Waals surface area (Å²) in [7, 11) is 0. The van der Waals surface area contributed by atoms with Gasteiger partial charge < -0.3 is 0 Å². The Labute approximate surface area is 126 Å². The van der Waals surface area contributed by atoms with Crippen molar-refractivity contribution in [3.63, 3.8) is 0 Å². The molecule has 0 bridgehead atoms. The molecule has 20 heavy (non-hydrogen) atoms. The molecule has 0 atom stereocenters. The summed E-state index contributed by atoms with van der Waals surface area (Å²) in [5.41, 5.74) is 0. The zero-order valence-electron chi connectivity index (χ0n) is 11.2. The van der Waals surface area contributed by atoms with Gasteiger partial charge in [0.1, 0.15) is 0 Å². The Balaban J connectivity index is 2.80. The summed E-state index contributed by atoms with van der Waals surface area (Å²) >= 11 is 2.58. The average Bonchev–Trinajstić information content (AvgIpc) is 2.88. The zero-order chi connectivity index (χ0) is 14.8. The largest absolute Gasteiger partial charge is 0.295 e. The van der Waals surface area contributed by atoms with Crippen LogP contribution in [0.2, 0.25) is 0 Å². The smallest absolute Gasteiger partial charge is 0.265 e. The van der Waals surface area contributed by atoms with Crippen LogP contribution in [0.4, 0.5) is 0 Å². The molecule has 1 aromatic rings. The maximum absolute atomic E-state index is 11.4. The Hall–Kier alpha value is -1.91. The van der Waals surface area contributed by atoms with E-state index >= 15 is 0 Å². The summed E-state index contributed by atoms with van der Waals surface area (Å²) in [6, 6.07) is 0. The van der Waals surface area contributed by atoms with Crippen LogP contribution < -0.4 is 5.32 Å². The normalized spacial score (nSPS) is 11.9. The van der Waals surface area contributed by atoms with E-state index < -0.39 is 5.91 Å². The standard InChI is InChI=1S/C13H14N4OS2/c1-3-5-6-8-10(7-4-2)19-13-17-16-12(20-13)11(18)15-9-14/h4-8H,3H2,1-2H3,(H,15,18)/b6-5+,7-4-,10-8+. The fourth-order valence-corrected chi connectivity index (χ4v) is 2.93. The van der Waals surface area contributed by atoms with Gasteiger partial charge in [-0.2, -0.15) is 5.26 Å². The van der Waals surface area contributed by atoms with E-state index in [-0.39, 0.29) is 5.01 Å². The highest BCUT2D eigenvalue weighted by Gasteiger charge is 2.13. The molecule has 104 valence electrons. The SMILES string of the molecule is C\C=C/C(=C\C=C\CC)Sc1nnc(C(=O)NC#N)s1. The fourth-order valence-electron chi connectivity index (χ4n) is 1.13. The molecule has 0 saturated carbocycles. The minimum absolute atomic E-state index is 0.179. The lowest BCUT2D eigenvalue weighted by atomic mass is 10.3. The number of carbonyl (C=O) groups excluding carboxylic acids is 1. The number of amides is 1. The Bertz CT molecular complexity index is 581. The Kier molecular flexibility index (Phi) is 7.32. The van der Waals surface area contributed by atoms with Crippen molar-refractivity contribution in [1.29, 1.82) is 5.26 Å². The monoisotopic (exact) mass is 306 g/mol. The minimum Gasteiger partial charge on any atom is -0.265 e. The number of aromatic nitrogens is 2. The van der Waals surface area contributed by atoms with Crippen LogP contribution in [0.3, 0.4) is 0 Å². The third-order valence-corrected chi connectivity index (χ3v) is 3.92. The first kappa shape index (κ1) is 16.1. The minimum atomic E-state index is -0.528. The van der Waals surface area contributed by atoms with Crippen LogP contribution in [0.5, 0.6) is 0 Å². The molecule has 1 heterocycles. The fraction of sp³-hybridized carbons (Fsp3) is 0.231. The van der Waals surface area contributed by atoms with Gasteiger partial charge in [0.15, 0.2) is 10.5 Å². The molecule has 0 aliphatic heterocycles. The van der Waals surface area contributed by atoms with E-state index in [1.54, 1.807) is 6.19 Å². The molecule has 1 amide bonds. The quantitative estimate of drug-likeness (QED) is 0.378. The van der Waals surface area contributed by atoms with Crippen LogP contribution in [-0.2, 0) is 0 Å². The number of allylic oxidation sites excluding steroid dienone is 5. The first-order chi connectivity index (χ1) is 9.71. The van der Waals surface area contributed by atoms with E-state index in [0.717, 1.165) is 22.7 Å². The summed E-state index contributed by atoms with van der Waals surface area (Å²) in [5.74, 6) is -0.528. The highest BCUT2D eigenvalue weighted by molar-refractivity contribution is 8.04. The van der Waals surface area contributed by atoms with Crippen molar-refractivity contribution in [2.45, 2.75) is 24.6 Å². The van der Waals surface area contributed by atoms with Crippen molar-refractivity contribution in [2.24, 2.45) is 0 Å². The highest BCUT2D eigenvalue weighted by atomic mass is 32.2. The summed E-state index contributed by atoms with van der Waals surface area (Å²) in [5, 5.41) is 18.3. The molecular formula is C13H14N4OS2. The van der Waals surface area contributed by atoms with E-state index in [9.17, 15) is 4.79 Å². The van der Waals surface area contributed by atoms with E-state index in [1.165, 1.54) is 11.8 Å². The molecule has 1 N–H and O–H groups in total. The third-order valence-electron chi connectivity index (χ3n) is 1.94. The summed E-state index contributed by atoms with van der Waals surface area (Å²) < 4.78 is 0.655. The molecule has 0 aliphatic rings. The molecule has 0 radical (unpaired) electrons. The molecule has 0 fully saturated rings. The van der Waals surface area contributed by atoms with Gasteiger partial charge >= 0.3 is 0 Å². The van der Waals surface area contributed by atoms with Gasteiger partial charge in [-0.1, -0.05) is 54.3 Å². The molecule has 0 spiro atoms. The number of nitriles is 1. The van der Waals surface area contributed by atoms with Gasteiger partial charge in [0.2, 0.25) is 5.01 Å². The van der Waals surface area contributed by atoms with Gasteiger partial charge in [-0.25, -0.2) is 0 Å². The summed E-state index contributed by atoms with van der Waals surface area (Å²) in [6.45, 7) is 4.00. The van der Waals surface area contributed by atoms with Crippen LogP contribution >= 0.6 is 23.1 Å². The molecule has 7 heteroatoms. The highest BCUT2D eigenvalue weighted by Crippen LogP contribution is 2.30. The molecule has 0 saturated heterocycles. The van der Waals surface area contributed by atoms with E-state index in [4.69, 9.17) is 5.26 Å². The molecular weight excluding hydrogens is 292 g/mol. The van der Waals surface area contributed by atoms with Gasteiger partial charge in [-0.15, -0.1) is 10.2 Å². The van der Waals surface area contributed by atoms with Crippen LogP contribution in [0.25, 0.3) is 0 Å². The van der Waals surface area contributed by atoms with Crippen molar-refractivity contribution in [3.05, 3.63) is 40.3 Å². The number of hydrogen-bond acceptors (Lipinski definition) is 6. The van der Waals surface area contributed by atoms with Crippen molar-refractivity contribution >= 4 is 29.0 Å². The first-order valence-corrected chi connectivity index (χ1v) is 7.54. The second kappa shape index (κ2) is 9.07. The Morgan fingerprint density at radius 3 is 3.00 bits per heavy atom. The number of hydrogen-bond donors (Lipinski definition) is 1. The topological polar surface area (TPSA) is 78.7 Å². The van der Waals surface area contributed by atoms with Crippen LogP contribution in [-0.4, -0.2) is 16.1 Å². The number of rotatable bonds is 6. The second-order valence-electron chi connectivity index (χ2n) is 3.45. The molecule has 0 unspecified atom stereocenters. The van der Waals surface area contributed by atoms with Gasteiger partial charge in [-0.3, -0.25) is 10.1 Å². The first-order valence-electron chi connectivity index (χ1n) is 5.91. The van der Waals surface area contributed by atoms with Crippen molar-refractivity contribution in [2.75, 3.05) is 0 Å². The summed E-state index contributed by atoms with van der Waals surface area (Å²) in [4.78, 5) is 12.4. The lowest BCUT2D eigenvalue weighted by Crippen LogP contribution is -2.16. The van der Waals surface area contributed by atoms with Gasteiger partial charge in [-0.05, 0) is 19.4 Å². The second-order valence-corrected chi connectivity index (χ2v) is 5.74. The molecule has 0 aliphatic carbocycles. The number of thioether (sulfide) groups is 1. The van der Waals surface area contributed by atoms with Crippen molar-refractivity contribution < 1.29 is 4.79 Å². The molecule has 1 rings (SSSR count). The van der Waals surface area contributed by atoms with E-state index in [0.29, 0.717) is 4.34 Å². The predicted molar refractivity (Wildman–Crippen MR) is 81.2 cm³/mol. The predicted octanol–water partition coefficient (Wildman–Crippen LogP) is 3.27. The van der Waals surface area contributed by atoms with Gasteiger partial charge in [0, 0.05) is 4.91 Å². The number of carbonyl (C=O) groups is 1. The average molecular weight is 306 g/mol. The molecule has 0 aromatic carbocycles. The molecule has 1 aromatic heterocycles. The maximum Gasteiger partial charge on any atom is 0.295 e. The van der Waals surface area contributed by atoms with Crippen molar-refractivity contribution in [3.8, 4) is 6.19 Å². The lowest BCUT2D eigenvalue weighted by Gasteiger charge is -1.95. The number of nitrogens with one attached hydrogen (secondary N) is 1. The lowest BCUT2D eigenvalue weighted by molar-refractivity contribution is 0.0972. The van der Waals surface area contributed by atoms with Crippen LogP contribution in [0, 0.1) is 11.5 Å².